The van der Waals surface area contributed by atoms with E-state index in [1.807, 2.05) is 110 Å². The Labute approximate surface area is 497 Å². The Morgan fingerprint density at radius 2 is 1.48 bits per heavy atom. The van der Waals surface area contributed by atoms with Crippen molar-refractivity contribution in [2.24, 2.45) is 10.9 Å². The van der Waals surface area contributed by atoms with Crippen molar-refractivity contribution >= 4 is 58.3 Å². The summed E-state index contributed by atoms with van der Waals surface area (Å²) >= 11 is 12.8. The zero-order chi connectivity index (χ0) is 57.6. The maximum atomic E-state index is 15.2. The van der Waals surface area contributed by atoms with Crippen LogP contribution in [0.4, 0.5) is 16.2 Å². The van der Waals surface area contributed by atoms with Gasteiger partial charge in [-0.1, -0.05) is 65.7 Å². The number of carbonyl (C=O) groups is 3. The number of aromatic nitrogens is 1. The summed E-state index contributed by atoms with van der Waals surface area (Å²) < 4.78 is 11.9. The van der Waals surface area contributed by atoms with Crippen LogP contribution in [0.25, 0.3) is 11.1 Å². The predicted octanol–water partition coefficient (Wildman–Crippen LogP) is 10.4. The first-order valence-corrected chi connectivity index (χ1v) is 29.9. The van der Waals surface area contributed by atoms with Crippen LogP contribution >= 0.6 is 23.2 Å². The molecule has 0 bridgehead atoms. The van der Waals surface area contributed by atoms with Crippen LogP contribution in [0.5, 0.6) is 11.5 Å². The number of rotatable bonds is 19. The van der Waals surface area contributed by atoms with Crippen molar-refractivity contribution in [2.75, 3.05) is 96.3 Å². The van der Waals surface area contributed by atoms with Gasteiger partial charge in [-0.3, -0.25) is 29.4 Å². The molecule has 3 fully saturated rings. The number of aliphatic hydroxyl groups excluding tert-OH is 1. The quantitative estimate of drug-likeness (QED) is 0.0709. The van der Waals surface area contributed by atoms with Crippen molar-refractivity contribution in [3.8, 4) is 22.6 Å². The van der Waals surface area contributed by atoms with Gasteiger partial charge in [-0.2, -0.15) is 0 Å². The number of aliphatic imine (C=N–C) groups is 1. The van der Waals surface area contributed by atoms with Crippen molar-refractivity contribution in [3.63, 3.8) is 0 Å². The number of pyridine rings is 1. The first-order chi connectivity index (χ1) is 40.4. The molecule has 0 saturated carbocycles. The van der Waals surface area contributed by atoms with Gasteiger partial charge in [0.1, 0.15) is 29.9 Å². The molecule has 4 amide bonds. The van der Waals surface area contributed by atoms with Crippen molar-refractivity contribution in [3.05, 3.63) is 172 Å². The molecule has 6 heterocycles. The Hall–Kier alpha value is -7.05. The number of halogens is 2. The van der Waals surface area contributed by atoms with E-state index in [1.54, 1.807) is 16.9 Å². The smallest absolute Gasteiger partial charge is 0.326 e. The number of anilines is 2. The first kappa shape index (κ1) is 57.8. The number of nitrogens with one attached hydrogen (secondary N) is 2. The summed E-state index contributed by atoms with van der Waals surface area (Å²) in [5.74, 6) is 1.77. The summed E-state index contributed by atoms with van der Waals surface area (Å²) in [7, 11) is 1.60. The number of amides is 4. The molecule has 5 aliphatic heterocycles. The zero-order valence-corrected chi connectivity index (χ0v) is 49.0. The molecule has 16 nitrogen and oxygen atoms in total. The summed E-state index contributed by atoms with van der Waals surface area (Å²) in [6.07, 6.45) is 6.54. The van der Waals surface area contributed by atoms with Crippen molar-refractivity contribution < 1.29 is 29.0 Å². The van der Waals surface area contributed by atoms with E-state index in [1.165, 1.54) is 11.1 Å². The number of likely N-dealkylation sites (tertiary alicyclic amines) is 1. The molecule has 5 atom stereocenters. The van der Waals surface area contributed by atoms with Gasteiger partial charge in [-0.25, -0.2) is 4.79 Å². The van der Waals surface area contributed by atoms with Gasteiger partial charge >= 0.3 is 6.03 Å². The van der Waals surface area contributed by atoms with Crippen molar-refractivity contribution in [1.29, 1.82) is 0 Å². The fourth-order valence-corrected chi connectivity index (χ4v) is 13.0. The molecule has 5 aliphatic rings. The fourth-order valence-electron chi connectivity index (χ4n) is 12.7. The van der Waals surface area contributed by atoms with Crippen LogP contribution in [0.2, 0.25) is 10.0 Å². The molecular formula is C65H74Cl2N10O6. The van der Waals surface area contributed by atoms with Crippen molar-refractivity contribution in [1.82, 2.24) is 34.4 Å². The summed E-state index contributed by atoms with van der Waals surface area (Å²) in [4.78, 5) is 64.7. The summed E-state index contributed by atoms with van der Waals surface area (Å²) in [6.45, 7) is 12.5. The number of benzene rings is 5. The zero-order valence-electron chi connectivity index (χ0n) is 47.5. The molecule has 18 heteroatoms. The van der Waals surface area contributed by atoms with Crippen LogP contribution in [0.1, 0.15) is 85.5 Å². The van der Waals surface area contributed by atoms with Gasteiger partial charge in [0.05, 0.1) is 37.5 Å². The molecule has 0 spiro atoms. The van der Waals surface area contributed by atoms with Gasteiger partial charge < -0.3 is 44.8 Å². The van der Waals surface area contributed by atoms with Gasteiger partial charge in [-0.15, -0.1) is 0 Å². The van der Waals surface area contributed by atoms with E-state index < -0.39 is 12.1 Å². The van der Waals surface area contributed by atoms with E-state index >= 15 is 4.79 Å². The van der Waals surface area contributed by atoms with Crippen LogP contribution in [0.3, 0.4) is 0 Å². The van der Waals surface area contributed by atoms with Gasteiger partial charge in [0.15, 0.2) is 0 Å². The number of hydrogen-bond acceptors (Lipinski definition) is 12. The van der Waals surface area contributed by atoms with Gasteiger partial charge in [-0.05, 0) is 159 Å². The number of urea groups is 1. The second-order valence-corrected chi connectivity index (χ2v) is 23.5. The second kappa shape index (κ2) is 26.3. The summed E-state index contributed by atoms with van der Waals surface area (Å²) in [5.41, 5.74) is 8.78. The third kappa shape index (κ3) is 13.3. The molecule has 11 rings (SSSR count). The minimum Gasteiger partial charge on any atom is -0.497 e. The number of hydrogen-bond donors (Lipinski definition) is 3. The molecule has 6 aromatic rings. The van der Waals surface area contributed by atoms with Crippen LogP contribution in [0, 0.1) is 5.92 Å². The Morgan fingerprint density at radius 3 is 2.18 bits per heavy atom. The Balaban J connectivity index is 0.654. The molecule has 0 radical (unpaired) electrons. The minimum atomic E-state index is -0.585. The number of amidine groups is 1. The van der Waals surface area contributed by atoms with E-state index in [2.05, 4.69) is 72.8 Å². The molecule has 0 aliphatic carbocycles. The number of aliphatic hydroxyl groups is 1. The summed E-state index contributed by atoms with van der Waals surface area (Å²) in [5, 5.41) is 18.3. The van der Waals surface area contributed by atoms with Crippen molar-refractivity contribution in [2.45, 2.75) is 76.3 Å². The second-order valence-electron chi connectivity index (χ2n) is 22.7. The standard InChI is InChI=1S/C65H74Cl2N10O6/c1-43(2)83-58-39-52(82-3)19-20-54(58)64-71-61(45-10-15-49(66)16-11-45)62(46-12-17-50(67)18-13-46)77(64)65(81)76-36-35-74(60(80)41-76)29-6-28-73-33-31-72(32-34-73)27-5-9-59(79)69-51-8-4-7-47(37-51)48-14-21-56-55(38-48)63-53(57(42-78)70-56)24-30-75(63)40-44-22-25-68-26-23-44/h4,7-8,10-23,25-26,37-39,43,53,57,61-63,70,78H,5-6,9,24,27-36,40-42H2,1-3H3,(H,69,79)/t53-,57-,61-,62+,63-/m1/s1. The Morgan fingerprint density at radius 1 is 0.771 bits per heavy atom. The molecule has 83 heavy (non-hydrogen) atoms. The predicted molar refractivity (Wildman–Crippen MR) is 326 cm³/mol. The lowest BCUT2D eigenvalue weighted by Crippen LogP contribution is -2.56. The highest BCUT2D eigenvalue weighted by Crippen LogP contribution is 2.49. The Kier molecular flexibility index (Phi) is 18.3. The lowest BCUT2D eigenvalue weighted by atomic mass is 9.82. The first-order valence-electron chi connectivity index (χ1n) is 29.2. The number of nitrogens with zero attached hydrogens (tertiary/aromatic N) is 8. The lowest BCUT2D eigenvalue weighted by molar-refractivity contribution is -0.135. The number of carbonyl (C=O) groups excluding carboxylic acids is 3. The van der Waals surface area contributed by atoms with Crippen LogP contribution in [-0.4, -0.2) is 161 Å². The molecule has 3 N–H and O–H groups in total. The topological polar surface area (TPSA) is 159 Å². The highest BCUT2D eigenvalue weighted by molar-refractivity contribution is 6.30. The van der Waals surface area contributed by atoms with E-state index in [0.29, 0.717) is 64.9 Å². The van der Waals surface area contributed by atoms with Crippen LogP contribution in [-0.2, 0) is 16.1 Å². The number of piperazine rings is 2. The average Bonchev–Trinajstić information content (AvgIpc) is 3.75. The maximum absolute atomic E-state index is 15.2. The molecule has 1 aromatic heterocycles. The fraction of sp³-hybridized carbons (Fsp3) is 0.400. The lowest BCUT2D eigenvalue weighted by Gasteiger charge is -2.39. The highest BCUT2D eigenvalue weighted by Gasteiger charge is 2.47. The maximum Gasteiger partial charge on any atom is 0.326 e. The minimum absolute atomic E-state index is 0.00434. The molecule has 5 aromatic carbocycles. The highest BCUT2D eigenvalue weighted by atomic mass is 35.5. The number of methoxy groups -OCH3 is 1. The monoisotopic (exact) mass is 1160 g/mol. The van der Waals surface area contributed by atoms with Gasteiger partial charge in [0, 0.05) is 111 Å². The van der Waals surface area contributed by atoms with E-state index in [9.17, 15) is 14.7 Å². The molecule has 0 unspecified atom stereocenters. The third-order valence-electron chi connectivity index (χ3n) is 16.9. The average molecular weight is 1160 g/mol. The number of ether oxygens (including phenoxy) is 2. The van der Waals surface area contributed by atoms with E-state index in [-0.39, 0.29) is 49.2 Å². The Bertz CT molecular complexity index is 3270. The van der Waals surface area contributed by atoms with E-state index in [0.717, 1.165) is 105 Å². The molecule has 434 valence electrons. The van der Waals surface area contributed by atoms with Gasteiger partial charge in [0.25, 0.3) is 0 Å². The number of fused-ring (bicyclic) bond motifs is 3. The summed E-state index contributed by atoms with van der Waals surface area (Å²) in [6, 6.07) is 38.1. The normalized spacial score (nSPS) is 21.1. The van der Waals surface area contributed by atoms with Gasteiger partial charge in [0.2, 0.25) is 11.8 Å². The largest absolute Gasteiger partial charge is 0.497 e. The van der Waals surface area contributed by atoms with Crippen LogP contribution < -0.4 is 20.1 Å². The van der Waals surface area contributed by atoms with Crippen LogP contribution in [0.15, 0.2) is 139 Å². The molecule has 3 saturated heterocycles. The molecular weight excluding hydrogens is 1090 g/mol. The van der Waals surface area contributed by atoms with E-state index in [4.69, 9.17) is 37.7 Å². The third-order valence-corrected chi connectivity index (χ3v) is 17.4. The SMILES string of the molecule is COc1ccc(C2=N[C@H](c3ccc(Cl)cc3)[C@H](c3ccc(Cl)cc3)N2C(=O)N2CCN(CCCN3CCN(CCCC(=O)Nc4cccc(-c5ccc6c(c5)[C@H]5[C@H](CCN5Cc5ccncc5)[C@@H](CO)N6)c4)CC3)C(=O)C2)c(OC(C)C)c1.